The summed E-state index contributed by atoms with van der Waals surface area (Å²) in [5.41, 5.74) is 5.75. The van der Waals surface area contributed by atoms with Crippen molar-refractivity contribution in [3.63, 3.8) is 0 Å². The molecule has 1 aliphatic heterocycles. The molecule has 7 nitrogen and oxygen atoms in total. The second-order valence-electron chi connectivity index (χ2n) is 5.47. The summed E-state index contributed by atoms with van der Waals surface area (Å²) in [7, 11) is 1.81. The Kier molecular flexibility index (Phi) is 5.87. The molecule has 0 aliphatic carbocycles. The first-order chi connectivity index (χ1) is 11.1. The average Bonchev–Trinajstić information content (AvgIpc) is 3.14. The number of amides is 1. The summed E-state index contributed by atoms with van der Waals surface area (Å²) < 4.78 is 18.8. The van der Waals surface area contributed by atoms with Crippen molar-refractivity contribution >= 4 is 24.0 Å². The zero-order valence-electron chi connectivity index (χ0n) is 13.2. The van der Waals surface area contributed by atoms with Gasteiger partial charge in [0.25, 0.3) is 0 Å². The number of para-hydroxylation sites is 1. The van der Waals surface area contributed by atoms with Crippen LogP contribution in [0.1, 0.15) is 18.1 Å². The number of hydrogen-bond acceptors (Lipinski definition) is 6. The number of nitrogens with zero attached hydrogens (tertiary/aromatic N) is 4. The summed E-state index contributed by atoms with van der Waals surface area (Å²) >= 11 is 0. The Bertz CT molecular complexity index is 711. The van der Waals surface area contributed by atoms with Gasteiger partial charge in [-0.3, -0.25) is 9.69 Å². The van der Waals surface area contributed by atoms with Crippen LogP contribution in [0.15, 0.2) is 28.8 Å². The van der Waals surface area contributed by atoms with Crippen LogP contribution in [0.4, 0.5) is 10.1 Å². The highest BCUT2D eigenvalue weighted by atomic mass is 35.5. The van der Waals surface area contributed by atoms with E-state index >= 15 is 0 Å². The second-order valence-corrected chi connectivity index (χ2v) is 5.47. The molecule has 24 heavy (non-hydrogen) atoms. The van der Waals surface area contributed by atoms with Crippen LogP contribution in [0, 0.1) is 5.82 Å². The predicted octanol–water partition coefficient (Wildman–Crippen LogP) is 1.33. The Labute approximate surface area is 145 Å². The lowest BCUT2D eigenvalue weighted by atomic mass is 10.2. The van der Waals surface area contributed by atoms with Gasteiger partial charge in [-0.25, -0.2) is 4.39 Å². The highest BCUT2D eigenvalue weighted by Crippen LogP contribution is 2.26. The molecule has 1 saturated heterocycles. The smallest absolute Gasteiger partial charge is 0.244 e. The van der Waals surface area contributed by atoms with Crippen molar-refractivity contribution in [1.29, 1.82) is 0 Å². The zero-order valence-corrected chi connectivity index (χ0v) is 14.0. The standard InChI is InChI=1S/C15H18FN5O2.ClH/c1-20(9-13-18-14(8-17)23-19-13)12-6-7-21(15(12)22)11-5-3-2-4-10(11)16;/h2-5,12H,6-9,17H2,1H3;1H. The highest BCUT2D eigenvalue weighted by Gasteiger charge is 2.36. The molecule has 1 amide bonds. The van der Waals surface area contributed by atoms with E-state index in [4.69, 9.17) is 10.3 Å². The van der Waals surface area contributed by atoms with Gasteiger partial charge in [-0.2, -0.15) is 4.98 Å². The summed E-state index contributed by atoms with van der Waals surface area (Å²) in [5, 5.41) is 3.82. The van der Waals surface area contributed by atoms with E-state index in [0.29, 0.717) is 36.9 Å². The molecule has 130 valence electrons. The average molecular weight is 356 g/mol. The fourth-order valence-corrected chi connectivity index (χ4v) is 2.75. The maximum Gasteiger partial charge on any atom is 0.244 e. The zero-order chi connectivity index (χ0) is 16.4. The number of aromatic nitrogens is 2. The van der Waals surface area contributed by atoms with E-state index in [9.17, 15) is 9.18 Å². The molecule has 1 fully saturated rings. The summed E-state index contributed by atoms with van der Waals surface area (Å²) in [6.07, 6.45) is 0.616. The third-order valence-electron chi connectivity index (χ3n) is 3.93. The normalized spacial score (nSPS) is 17.4. The van der Waals surface area contributed by atoms with Gasteiger partial charge >= 0.3 is 0 Å². The quantitative estimate of drug-likeness (QED) is 0.870. The predicted molar refractivity (Wildman–Crippen MR) is 88.1 cm³/mol. The molecule has 1 aliphatic rings. The first kappa shape index (κ1) is 18.3. The van der Waals surface area contributed by atoms with Crippen LogP contribution < -0.4 is 10.6 Å². The molecule has 1 aromatic carbocycles. The van der Waals surface area contributed by atoms with Crippen molar-refractivity contribution in [2.45, 2.75) is 25.6 Å². The molecule has 0 spiro atoms. The molecule has 0 saturated carbocycles. The topological polar surface area (TPSA) is 88.5 Å². The van der Waals surface area contributed by atoms with Crippen LogP contribution in [-0.4, -0.2) is 40.6 Å². The molecular formula is C15H19ClFN5O2. The van der Waals surface area contributed by atoms with Crippen molar-refractivity contribution in [3.05, 3.63) is 41.8 Å². The van der Waals surface area contributed by atoms with E-state index in [1.807, 2.05) is 11.9 Å². The van der Waals surface area contributed by atoms with Crippen molar-refractivity contribution in [3.8, 4) is 0 Å². The van der Waals surface area contributed by atoms with Crippen molar-refractivity contribution in [1.82, 2.24) is 15.0 Å². The lowest BCUT2D eigenvalue weighted by Gasteiger charge is -2.22. The molecule has 2 N–H and O–H groups in total. The maximum atomic E-state index is 13.9. The molecule has 1 atom stereocenters. The summed E-state index contributed by atoms with van der Waals surface area (Å²) in [6, 6.07) is 5.95. The lowest BCUT2D eigenvalue weighted by Crippen LogP contribution is -2.39. The van der Waals surface area contributed by atoms with Gasteiger partial charge in [0.15, 0.2) is 5.82 Å². The molecule has 2 heterocycles. The molecular weight excluding hydrogens is 337 g/mol. The fraction of sp³-hybridized carbons (Fsp3) is 0.400. The van der Waals surface area contributed by atoms with Gasteiger partial charge < -0.3 is 15.2 Å². The fourth-order valence-electron chi connectivity index (χ4n) is 2.75. The van der Waals surface area contributed by atoms with Gasteiger partial charge in [-0.05, 0) is 25.6 Å². The number of halogens is 2. The maximum absolute atomic E-state index is 13.9. The van der Waals surface area contributed by atoms with Crippen molar-refractivity contribution in [2.24, 2.45) is 5.73 Å². The minimum absolute atomic E-state index is 0. The Morgan fingerprint density at radius 1 is 1.46 bits per heavy atom. The first-order valence-electron chi connectivity index (χ1n) is 7.38. The molecule has 9 heteroatoms. The van der Waals surface area contributed by atoms with Crippen LogP contribution >= 0.6 is 12.4 Å². The van der Waals surface area contributed by atoms with Crippen LogP contribution in [0.5, 0.6) is 0 Å². The van der Waals surface area contributed by atoms with Gasteiger partial charge in [0.05, 0.1) is 24.8 Å². The number of hydrogen-bond donors (Lipinski definition) is 1. The minimum Gasteiger partial charge on any atom is -0.338 e. The number of benzene rings is 1. The van der Waals surface area contributed by atoms with Crippen LogP contribution in [0.2, 0.25) is 0 Å². The van der Waals surface area contributed by atoms with Gasteiger partial charge in [-0.15, -0.1) is 12.4 Å². The Balaban J connectivity index is 0.00000208. The highest BCUT2D eigenvalue weighted by molar-refractivity contribution is 5.99. The number of carbonyl (C=O) groups is 1. The lowest BCUT2D eigenvalue weighted by molar-refractivity contribution is -0.121. The number of likely N-dealkylation sites (N-methyl/N-ethyl adjacent to an activating group) is 1. The third-order valence-corrected chi connectivity index (χ3v) is 3.93. The Morgan fingerprint density at radius 3 is 2.88 bits per heavy atom. The number of carbonyl (C=O) groups excluding carboxylic acids is 1. The molecule has 2 aromatic rings. The van der Waals surface area contributed by atoms with Crippen molar-refractivity contribution < 1.29 is 13.7 Å². The Morgan fingerprint density at radius 2 is 2.21 bits per heavy atom. The van der Waals surface area contributed by atoms with Crippen LogP contribution in [-0.2, 0) is 17.9 Å². The Hall–Kier alpha value is -2.03. The summed E-state index contributed by atoms with van der Waals surface area (Å²) in [6.45, 7) is 1.03. The molecule has 0 bridgehead atoms. The summed E-state index contributed by atoms with van der Waals surface area (Å²) in [4.78, 5) is 20.0. The molecule has 3 rings (SSSR count). The monoisotopic (exact) mass is 355 g/mol. The molecule has 0 radical (unpaired) electrons. The van der Waals surface area contributed by atoms with Gasteiger partial charge in [0, 0.05) is 6.54 Å². The van der Waals surface area contributed by atoms with Gasteiger partial charge in [0.1, 0.15) is 5.82 Å². The van der Waals surface area contributed by atoms with Crippen molar-refractivity contribution in [2.75, 3.05) is 18.5 Å². The van der Waals surface area contributed by atoms with Crippen LogP contribution in [0.3, 0.4) is 0 Å². The van der Waals surface area contributed by atoms with E-state index in [-0.39, 0.29) is 30.9 Å². The largest absolute Gasteiger partial charge is 0.338 e. The van der Waals surface area contributed by atoms with E-state index in [1.54, 1.807) is 18.2 Å². The van der Waals surface area contributed by atoms with E-state index < -0.39 is 5.82 Å². The second kappa shape index (κ2) is 7.69. The van der Waals surface area contributed by atoms with E-state index in [1.165, 1.54) is 11.0 Å². The molecule has 1 aromatic heterocycles. The van der Waals surface area contributed by atoms with E-state index in [2.05, 4.69) is 10.1 Å². The SMILES string of the molecule is CN(Cc1noc(CN)n1)C1CCN(c2ccccc2F)C1=O.Cl. The van der Waals surface area contributed by atoms with Gasteiger partial charge in [0.2, 0.25) is 11.8 Å². The number of rotatable bonds is 5. The van der Waals surface area contributed by atoms with Crippen LogP contribution in [0.25, 0.3) is 0 Å². The first-order valence-corrected chi connectivity index (χ1v) is 7.38. The summed E-state index contributed by atoms with van der Waals surface area (Å²) in [5.74, 6) is 0.319. The number of nitrogens with two attached hydrogens (primary N) is 1. The number of anilines is 1. The molecule has 1 unspecified atom stereocenters. The van der Waals surface area contributed by atoms with E-state index in [0.717, 1.165) is 0 Å². The van der Waals surface area contributed by atoms with Gasteiger partial charge in [-0.1, -0.05) is 17.3 Å². The third kappa shape index (κ3) is 3.55. The minimum atomic E-state index is -0.394.